The maximum Gasteiger partial charge on any atom is 0.227 e. The monoisotopic (exact) mass is 264 g/mol. The third kappa shape index (κ3) is 1.70. The highest BCUT2D eigenvalue weighted by Gasteiger charge is 2.17. The molecule has 0 amide bonds. The molecule has 3 aromatic rings. The van der Waals surface area contributed by atoms with Gasteiger partial charge in [-0.1, -0.05) is 18.2 Å². The molecule has 1 aromatic heterocycles. The topological polar surface area (TPSA) is 38.1 Å². The van der Waals surface area contributed by atoms with E-state index in [2.05, 4.69) is 41.5 Å². The molecule has 4 rings (SSSR count). The molecule has 0 radical (unpaired) electrons. The summed E-state index contributed by atoms with van der Waals surface area (Å²) in [6.45, 7) is 3.10. The van der Waals surface area contributed by atoms with Gasteiger partial charge >= 0.3 is 0 Å². The van der Waals surface area contributed by atoms with Gasteiger partial charge in [0, 0.05) is 17.8 Å². The summed E-state index contributed by atoms with van der Waals surface area (Å²) < 4.78 is 6.01. The van der Waals surface area contributed by atoms with E-state index in [0.717, 1.165) is 47.5 Å². The van der Waals surface area contributed by atoms with Crippen molar-refractivity contribution in [3.05, 3.63) is 47.5 Å². The number of aryl methyl sites for hydroxylation is 1. The Balaban J connectivity index is 1.93. The second-order valence-corrected chi connectivity index (χ2v) is 5.30. The molecule has 2 heterocycles. The Kier molecular flexibility index (Phi) is 2.52. The first-order chi connectivity index (χ1) is 9.83. The van der Waals surface area contributed by atoms with E-state index in [-0.39, 0.29) is 0 Å². The van der Waals surface area contributed by atoms with Gasteiger partial charge in [0.05, 0.1) is 0 Å². The van der Waals surface area contributed by atoms with Crippen molar-refractivity contribution in [2.75, 3.05) is 11.9 Å². The quantitative estimate of drug-likeness (QED) is 0.717. The van der Waals surface area contributed by atoms with E-state index < -0.39 is 0 Å². The van der Waals surface area contributed by atoms with Crippen LogP contribution in [0.4, 0.5) is 5.69 Å². The SMILES string of the molecule is Cc1cccc2nc(-c3cccc4c3CCCN4)oc12. The Morgan fingerprint density at radius 1 is 1.15 bits per heavy atom. The second-order valence-electron chi connectivity index (χ2n) is 5.30. The molecule has 0 unspecified atom stereocenters. The molecule has 3 nitrogen and oxygen atoms in total. The molecule has 0 spiro atoms. The normalized spacial score (nSPS) is 14.1. The number of oxazole rings is 1. The summed E-state index contributed by atoms with van der Waals surface area (Å²) in [6, 6.07) is 12.4. The Hall–Kier alpha value is -2.29. The number of benzene rings is 2. The number of rotatable bonds is 1. The molecule has 1 aliphatic heterocycles. The smallest absolute Gasteiger partial charge is 0.227 e. The predicted molar refractivity (Wildman–Crippen MR) is 81.0 cm³/mol. The molecule has 20 heavy (non-hydrogen) atoms. The molecule has 1 aliphatic rings. The van der Waals surface area contributed by atoms with Crippen molar-refractivity contribution in [3.8, 4) is 11.5 Å². The average molecular weight is 264 g/mol. The fraction of sp³-hybridized carbons (Fsp3) is 0.235. The third-order valence-corrected chi connectivity index (χ3v) is 3.94. The Labute approximate surface area is 117 Å². The maximum absolute atomic E-state index is 6.01. The van der Waals surface area contributed by atoms with E-state index in [1.54, 1.807) is 0 Å². The molecule has 3 heteroatoms. The van der Waals surface area contributed by atoms with E-state index in [9.17, 15) is 0 Å². The molecule has 2 aromatic carbocycles. The Morgan fingerprint density at radius 3 is 2.95 bits per heavy atom. The van der Waals surface area contributed by atoms with Crippen LogP contribution < -0.4 is 5.32 Å². The summed E-state index contributed by atoms with van der Waals surface area (Å²) >= 11 is 0. The van der Waals surface area contributed by atoms with Crippen molar-refractivity contribution in [1.82, 2.24) is 4.98 Å². The highest BCUT2D eigenvalue weighted by molar-refractivity contribution is 5.80. The molecule has 100 valence electrons. The van der Waals surface area contributed by atoms with Gasteiger partial charge in [0.1, 0.15) is 5.52 Å². The number of fused-ring (bicyclic) bond motifs is 2. The first-order valence-electron chi connectivity index (χ1n) is 7.05. The standard InChI is InChI=1S/C17H16N2O/c1-11-5-2-9-15-16(11)20-17(19-15)13-6-3-8-14-12(13)7-4-10-18-14/h2-3,5-6,8-9,18H,4,7,10H2,1H3. The lowest BCUT2D eigenvalue weighted by molar-refractivity contribution is 0.615. The minimum atomic E-state index is 0.731. The maximum atomic E-state index is 6.01. The number of nitrogens with one attached hydrogen (secondary N) is 1. The fourth-order valence-corrected chi connectivity index (χ4v) is 2.91. The number of anilines is 1. The molecule has 0 saturated heterocycles. The van der Waals surface area contributed by atoms with Crippen LogP contribution >= 0.6 is 0 Å². The largest absolute Gasteiger partial charge is 0.436 e. The van der Waals surface area contributed by atoms with Crippen molar-refractivity contribution in [3.63, 3.8) is 0 Å². The summed E-state index contributed by atoms with van der Waals surface area (Å²) in [5, 5.41) is 3.45. The van der Waals surface area contributed by atoms with Gasteiger partial charge in [0.15, 0.2) is 5.58 Å². The number of aromatic nitrogens is 1. The molecule has 0 atom stereocenters. The lowest BCUT2D eigenvalue weighted by Crippen LogP contribution is -2.12. The average Bonchev–Trinajstić information content (AvgIpc) is 2.92. The lowest BCUT2D eigenvalue weighted by Gasteiger charge is -2.19. The Bertz CT molecular complexity index is 789. The summed E-state index contributed by atoms with van der Waals surface area (Å²) in [6.07, 6.45) is 2.24. The van der Waals surface area contributed by atoms with Gasteiger partial charge in [0.2, 0.25) is 5.89 Å². The van der Waals surface area contributed by atoms with Crippen molar-refractivity contribution in [2.45, 2.75) is 19.8 Å². The first kappa shape index (κ1) is 11.5. The minimum Gasteiger partial charge on any atom is -0.436 e. The molecule has 1 N–H and O–H groups in total. The number of nitrogens with zero attached hydrogens (tertiary/aromatic N) is 1. The van der Waals surface area contributed by atoms with Crippen LogP contribution in [-0.4, -0.2) is 11.5 Å². The highest BCUT2D eigenvalue weighted by Crippen LogP contribution is 2.34. The molecule has 0 aliphatic carbocycles. The fourth-order valence-electron chi connectivity index (χ4n) is 2.91. The lowest BCUT2D eigenvalue weighted by atomic mass is 9.97. The summed E-state index contributed by atoms with van der Waals surface area (Å²) in [5.74, 6) is 0.731. The van der Waals surface area contributed by atoms with Crippen LogP contribution in [0.2, 0.25) is 0 Å². The molecule has 0 fully saturated rings. The van der Waals surface area contributed by atoms with Gasteiger partial charge in [-0.25, -0.2) is 4.98 Å². The van der Waals surface area contributed by atoms with Crippen molar-refractivity contribution in [1.29, 1.82) is 0 Å². The van der Waals surface area contributed by atoms with Crippen molar-refractivity contribution < 1.29 is 4.42 Å². The van der Waals surface area contributed by atoms with Crippen LogP contribution in [0.5, 0.6) is 0 Å². The molecular formula is C17H16N2O. The zero-order chi connectivity index (χ0) is 13.5. The van der Waals surface area contributed by atoms with Gasteiger partial charge in [-0.05, 0) is 49.1 Å². The van der Waals surface area contributed by atoms with Crippen LogP contribution in [0.25, 0.3) is 22.6 Å². The van der Waals surface area contributed by atoms with Crippen molar-refractivity contribution in [2.24, 2.45) is 0 Å². The molecule has 0 saturated carbocycles. The zero-order valence-corrected chi connectivity index (χ0v) is 11.4. The van der Waals surface area contributed by atoms with E-state index in [4.69, 9.17) is 4.42 Å². The molecular weight excluding hydrogens is 248 g/mol. The van der Waals surface area contributed by atoms with Crippen LogP contribution in [0.3, 0.4) is 0 Å². The van der Waals surface area contributed by atoms with Gasteiger partial charge < -0.3 is 9.73 Å². The van der Waals surface area contributed by atoms with Gasteiger partial charge in [-0.2, -0.15) is 0 Å². The summed E-state index contributed by atoms with van der Waals surface area (Å²) in [4.78, 5) is 4.66. The first-order valence-corrected chi connectivity index (χ1v) is 7.05. The van der Waals surface area contributed by atoms with E-state index >= 15 is 0 Å². The van der Waals surface area contributed by atoms with E-state index in [1.807, 2.05) is 12.1 Å². The van der Waals surface area contributed by atoms with E-state index in [0.29, 0.717) is 0 Å². The second kappa shape index (κ2) is 4.37. The van der Waals surface area contributed by atoms with Crippen molar-refractivity contribution >= 4 is 16.8 Å². The Morgan fingerprint density at radius 2 is 2.05 bits per heavy atom. The predicted octanol–water partition coefficient (Wildman–Crippen LogP) is 4.16. The van der Waals surface area contributed by atoms with Crippen LogP contribution in [0, 0.1) is 6.92 Å². The highest BCUT2D eigenvalue weighted by atomic mass is 16.3. The van der Waals surface area contributed by atoms with Crippen LogP contribution in [0.1, 0.15) is 17.5 Å². The van der Waals surface area contributed by atoms with E-state index in [1.165, 1.54) is 11.3 Å². The van der Waals surface area contributed by atoms with Gasteiger partial charge in [-0.15, -0.1) is 0 Å². The number of hydrogen-bond acceptors (Lipinski definition) is 3. The molecule has 0 bridgehead atoms. The zero-order valence-electron chi connectivity index (χ0n) is 11.4. The van der Waals surface area contributed by atoms with Crippen LogP contribution in [-0.2, 0) is 6.42 Å². The minimum absolute atomic E-state index is 0.731. The summed E-state index contributed by atoms with van der Waals surface area (Å²) in [5.41, 5.74) is 6.61. The van der Waals surface area contributed by atoms with Crippen LogP contribution in [0.15, 0.2) is 40.8 Å². The van der Waals surface area contributed by atoms with Gasteiger partial charge in [0.25, 0.3) is 0 Å². The number of para-hydroxylation sites is 1. The van der Waals surface area contributed by atoms with Gasteiger partial charge in [-0.3, -0.25) is 0 Å². The number of hydrogen-bond donors (Lipinski definition) is 1. The third-order valence-electron chi connectivity index (χ3n) is 3.94. The summed E-state index contributed by atoms with van der Waals surface area (Å²) in [7, 11) is 0.